The minimum absolute atomic E-state index is 0.126. The molecule has 0 fully saturated rings. The molecule has 0 unspecified atom stereocenters. The smallest absolute Gasteiger partial charge is 0.0446 e. The summed E-state index contributed by atoms with van der Waals surface area (Å²) in [7, 11) is 0. The standard InChI is InChI=1S/C18H22ClNS/c1-18(2,3)20-12-14-8-5-7-11-17(14)21-13-15-9-4-6-10-16(15)19/h4-11,20H,12-13H2,1-3H3. The predicted octanol–water partition coefficient (Wildman–Crippen LogP) is 5.52. The van der Waals surface area contributed by atoms with Gasteiger partial charge in [0.15, 0.2) is 0 Å². The van der Waals surface area contributed by atoms with Crippen LogP contribution >= 0.6 is 23.4 Å². The molecule has 0 bridgehead atoms. The molecular formula is C18H22ClNS. The van der Waals surface area contributed by atoms with Gasteiger partial charge in [0.2, 0.25) is 0 Å². The Morgan fingerprint density at radius 1 is 0.952 bits per heavy atom. The Labute approximate surface area is 137 Å². The van der Waals surface area contributed by atoms with Crippen molar-refractivity contribution in [2.24, 2.45) is 0 Å². The summed E-state index contributed by atoms with van der Waals surface area (Å²) in [6.45, 7) is 7.45. The lowest BCUT2D eigenvalue weighted by molar-refractivity contribution is 0.422. The largest absolute Gasteiger partial charge is 0.308 e. The van der Waals surface area contributed by atoms with E-state index >= 15 is 0 Å². The molecule has 2 aromatic carbocycles. The van der Waals surface area contributed by atoms with Crippen LogP contribution in [0.1, 0.15) is 31.9 Å². The van der Waals surface area contributed by atoms with E-state index in [4.69, 9.17) is 11.6 Å². The van der Waals surface area contributed by atoms with Crippen molar-refractivity contribution in [1.29, 1.82) is 0 Å². The maximum absolute atomic E-state index is 6.23. The maximum atomic E-state index is 6.23. The van der Waals surface area contributed by atoms with Crippen LogP contribution < -0.4 is 5.32 Å². The minimum atomic E-state index is 0.126. The summed E-state index contributed by atoms with van der Waals surface area (Å²) >= 11 is 8.07. The molecule has 112 valence electrons. The Morgan fingerprint density at radius 3 is 2.24 bits per heavy atom. The predicted molar refractivity (Wildman–Crippen MR) is 94.0 cm³/mol. The van der Waals surface area contributed by atoms with Crippen molar-refractivity contribution in [3.63, 3.8) is 0 Å². The zero-order chi connectivity index (χ0) is 15.3. The summed E-state index contributed by atoms with van der Waals surface area (Å²) in [6.07, 6.45) is 0. The first kappa shape index (κ1) is 16.4. The molecule has 0 aromatic heterocycles. The molecule has 0 spiro atoms. The SMILES string of the molecule is CC(C)(C)NCc1ccccc1SCc1ccccc1Cl. The molecule has 0 saturated carbocycles. The first-order valence-electron chi connectivity index (χ1n) is 7.15. The summed E-state index contributed by atoms with van der Waals surface area (Å²) in [5, 5.41) is 4.39. The van der Waals surface area contributed by atoms with Gasteiger partial charge in [0, 0.05) is 27.8 Å². The maximum Gasteiger partial charge on any atom is 0.0446 e. The monoisotopic (exact) mass is 319 g/mol. The van der Waals surface area contributed by atoms with E-state index in [1.165, 1.54) is 16.0 Å². The fourth-order valence-electron chi connectivity index (χ4n) is 1.92. The van der Waals surface area contributed by atoms with Crippen molar-refractivity contribution in [2.45, 2.75) is 43.5 Å². The number of benzene rings is 2. The van der Waals surface area contributed by atoms with Crippen LogP contribution in [0.2, 0.25) is 5.02 Å². The van der Waals surface area contributed by atoms with Crippen molar-refractivity contribution in [3.8, 4) is 0 Å². The number of thioether (sulfide) groups is 1. The minimum Gasteiger partial charge on any atom is -0.308 e. The molecule has 21 heavy (non-hydrogen) atoms. The molecule has 0 aliphatic rings. The van der Waals surface area contributed by atoms with E-state index in [1.807, 2.05) is 30.0 Å². The van der Waals surface area contributed by atoms with Crippen molar-refractivity contribution in [3.05, 3.63) is 64.7 Å². The van der Waals surface area contributed by atoms with Crippen LogP contribution in [0.3, 0.4) is 0 Å². The summed E-state index contributed by atoms with van der Waals surface area (Å²) < 4.78 is 0. The van der Waals surface area contributed by atoms with E-state index in [-0.39, 0.29) is 5.54 Å². The second-order valence-corrected chi connectivity index (χ2v) is 7.52. The summed E-state index contributed by atoms with van der Waals surface area (Å²) in [6, 6.07) is 16.6. The third kappa shape index (κ3) is 5.39. The van der Waals surface area contributed by atoms with Gasteiger partial charge < -0.3 is 5.32 Å². The van der Waals surface area contributed by atoms with E-state index in [0.717, 1.165) is 17.3 Å². The highest BCUT2D eigenvalue weighted by molar-refractivity contribution is 7.98. The van der Waals surface area contributed by atoms with Gasteiger partial charge in [-0.1, -0.05) is 48.0 Å². The van der Waals surface area contributed by atoms with Crippen LogP contribution in [0, 0.1) is 0 Å². The topological polar surface area (TPSA) is 12.0 Å². The average molecular weight is 320 g/mol. The molecule has 0 aliphatic carbocycles. The van der Waals surface area contributed by atoms with Gasteiger partial charge in [0.1, 0.15) is 0 Å². The molecule has 0 atom stereocenters. The number of nitrogens with one attached hydrogen (secondary N) is 1. The summed E-state index contributed by atoms with van der Waals surface area (Å²) in [5.41, 5.74) is 2.65. The summed E-state index contributed by atoms with van der Waals surface area (Å²) in [5.74, 6) is 0.895. The lowest BCUT2D eigenvalue weighted by Crippen LogP contribution is -2.35. The first-order valence-corrected chi connectivity index (χ1v) is 8.51. The molecule has 1 N–H and O–H groups in total. The molecular weight excluding hydrogens is 298 g/mol. The Morgan fingerprint density at radius 2 is 1.57 bits per heavy atom. The highest BCUT2D eigenvalue weighted by Crippen LogP contribution is 2.29. The number of hydrogen-bond acceptors (Lipinski definition) is 2. The van der Waals surface area contributed by atoms with Crippen LogP contribution in [-0.2, 0) is 12.3 Å². The van der Waals surface area contributed by atoms with E-state index < -0.39 is 0 Å². The normalized spacial score (nSPS) is 11.6. The highest BCUT2D eigenvalue weighted by Gasteiger charge is 2.10. The van der Waals surface area contributed by atoms with E-state index in [0.29, 0.717) is 0 Å². The molecule has 0 saturated heterocycles. The lowest BCUT2D eigenvalue weighted by Gasteiger charge is -2.21. The lowest BCUT2D eigenvalue weighted by atomic mass is 10.1. The quantitative estimate of drug-likeness (QED) is 0.728. The van der Waals surface area contributed by atoms with Crippen LogP contribution in [0.15, 0.2) is 53.4 Å². The zero-order valence-electron chi connectivity index (χ0n) is 12.8. The Balaban J connectivity index is 2.05. The van der Waals surface area contributed by atoms with Gasteiger partial charge in [0.25, 0.3) is 0 Å². The Kier molecular flexibility index (Phi) is 5.74. The van der Waals surface area contributed by atoms with Crippen LogP contribution in [0.5, 0.6) is 0 Å². The van der Waals surface area contributed by atoms with Gasteiger partial charge in [0.05, 0.1) is 0 Å². The molecule has 2 aromatic rings. The molecule has 1 nitrogen and oxygen atoms in total. The molecule has 2 rings (SSSR count). The third-order valence-electron chi connectivity index (χ3n) is 3.12. The van der Waals surface area contributed by atoms with E-state index in [9.17, 15) is 0 Å². The average Bonchev–Trinajstić information content (AvgIpc) is 2.44. The Bertz CT molecular complexity index is 590. The number of hydrogen-bond donors (Lipinski definition) is 1. The second-order valence-electron chi connectivity index (χ2n) is 6.09. The fourth-order valence-corrected chi connectivity index (χ4v) is 3.27. The van der Waals surface area contributed by atoms with Gasteiger partial charge in [-0.2, -0.15) is 0 Å². The Hall–Kier alpha value is -0.960. The molecule has 3 heteroatoms. The summed E-state index contributed by atoms with van der Waals surface area (Å²) in [4.78, 5) is 1.31. The zero-order valence-corrected chi connectivity index (χ0v) is 14.4. The third-order valence-corrected chi connectivity index (χ3v) is 4.66. The van der Waals surface area contributed by atoms with Gasteiger partial charge in [-0.05, 0) is 44.0 Å². The van der Waals surface area contributed by atoms with Crippen LogP contribution in [0.25, 0.3) is 0 Å². The van der Waals surface area contributed by atoms with Gasteiger partial charge >= 0.3 is 0 Å². The van der Waals surface area contributed by atoms with Crippen molar-refractivity contribution < 1.29 is 0 Å². The van der Waals surface area contributed by atoms with Crippen LogP contribution in [-0.4, -0.2) is 5.54 Å². The van der Waals surface area contributed by atoms with Gasteiger partial charge in [-0.25, -0.2) is 0 Å². The van der Waals surface area contributed by atoms with Crippen molar-refractivity contribution in [1.82, 2.24) is 5.32 Å². The van der Waals surface area contributed by atoms with Crippen molar-refractivity contribution >= 4 is 23.4 Å². The molecule has 0 aliphatic heterocycles. The number of rotatable bonds is 5. The van der Waals surface area contributed by atoms with E-state index in [2.05, 4.69) is 56.4 Å². The van der Waals surface area contributed by atoms with Gasteiger partial charge in [-0.3, -0.25) is 0 Å². The van der Waals surface area contributed by atoms with Crippen LogP contribution in [0.4, 0.5) is 0 Å². The molecule has 0 radical (unpaired) electrons. The molecule has 0 heterocycles. The second kappa shape index (κ2) is 7.35. The fraction of sp³-hybridized carbons (Fsp3) is 0.333. The molecule has 0 amide bonds. The first-order chi connectivity index (χ1) is 9.96. The van der Waals surface area contributed by atoms with Gasteiger partial charge in [-0.15, -0.1) is 11.8 Å². The van der Waals surface area contributed by atoms with Crippen molar-refractivity contribution in [2.75, 3.05) is 0 Å². The number of halogens is 1. The highest BCUT2D eigenvalue weighted by atomic mass is 35.5. The van der Waals surface area contributed by atoms with E-state index in [1.54, 1.807) is 0 Å².